The van der Waals surface area contributed by atoms with Gasteiger partial charge in [0.15, 0.2) is 0 Å². The largest absolute Gasteiger partial charge is 0.462 e. The van der Waals surface area contributed by atoms with Crippen LogP contribution in [0.1, 0.15) is 22.8 Å². The van der Waals surface area contributed by atoms with Crippen molar-refractivity contribution in [3.8, 4) is 0 Å². The van der Waals surface area contributed by atoms with Crippen LogP contribution in [0, 0.1) is 0 Å². The van der Waals surface area contributed by atoms with Crippen molar-refractivity contribution in [2.24, 2.45) is 0 Å². The topological polar surface area (TPSA) is 55.4 Å². The quantitative estimate of drug-likeness (QED) is 0.846. The van der Waals surface area contributed by atoms with Gasteiger partial charge in [-0.05, 0) is 24.6 Å². The van der Waals surface area contributed by atoms with Gasteiger partial charge in [0.2, 0.25) is 5.91 Å². The van der Waals surface area contributed by atoms with E-state index in [0.717, 1.165) is 10.0 Å². The number of esters is 1. The van der Waals surface area contributed by atoms with E-state index in [1.165, 1.54) is 0 Å². The van der Waals surface area contributed by atoms with E-state index in [9.17, 15) is 9.59 Å². The molecule has 1 heterocycles. The average molecular weight is 284 g/mol. The van der Waals surface area contributed by atoms with Gasteiger partial charge in [-0.2, -0.15) is 0 Å². The molecule has 1 aliphatic rings. The molecule has 1 N–H and O–H groups in total. The fraction of sp³-hybridized carbons (Fsp3) is 0.273. The Kier molecular flexibility index (Phi) is 2.96. The van der Waals surface area contributed by atoms with Gasteiger partial charge in [0, 0.05) is 4.47 Å². The van der Waals surface area contributed by atoms with Gasteiger partial charge >= 0.3 is 5.97 Å². The second-order valence-corrected chi connectivity index (χ2v) is 4.35. The van der Waals surface area contributed by atoms with Gasteiger partial charge in [-0.1, -0.05) is 15.9 Å². The number of carbonyl (C=O) groups excluding carboxylic acids is 2. The minimum absolute atomic E-state index is 0.0985. The molecule has 4 nitrogen and oxygen atoms in total. The Morgan fingerprint density at radius 3 is 3.00 bits per heavy atom. The fourth-order valence-electron chi connectivity index (χ4n) is 1.68. The molecular weight excluding hydrogens is 274 g/mol. The summed E-state index contributed by atoms with van der Waals surface area (Å²) in [4.78, 5) is 22.9. The zero-order chi connectivity index (χ0) is 11.7. The molecule has 0 atom stereocenters. The maximum absolute atomic E-state index is 11.7. The molecule has 0 aliphatic carbocycles. The van der Waals surface area contributed by atoms with E-state index in [1.807, 2.05) is 6.07 Å². The summed E-state index contributed by atoms with van der Waals surface area (Å²) in [6.45, 7) is 2.06. The molecule has 0 unspecified atom stereocenters. The highest BCUT2D eigenvalue weighted by molar-refractivity contribution is 9.10. The van der Waals surface area contributed by atoms with Gasteiger partial charge in [0.05, 0.1) is 24.3 Å². The first-order valence-corrected chi connectivity index (χ1v) is 5.70. The van der Waals surface area contributed by atoms with Crippen LogP contribution in [0.5, 0.6) is 0 Å². The second kappa shape index (κ2) is 4.25. The number of rotatable bonds is 2. The molecule has 5 heteroatoms. The molecule has 16 heavy (non-hydrogen) atoms. The minimum Gasteiger partial charge on any atom is -0.462 e. The zero-order valence-corrected chi connectivity index (χ0v) is 10.3. The zero-order valence-electron chi connectivity index (χ0n) is 8.67. The summed E-state index contributed by atoms with van der Waals surface area (Å²) in [5.41, 5.74) is 1.80. The van der Waals surface area contributed by atoms with Crippen LogP contribution in [0.2, 0.25) is 0 Å². The fourth-order valence-corrected chi connectivity index (χ4v) is 2.18. The smallest absolute Gasteiger partial charge is 0.340 e. The van der Waals surface area contributed by atoms with Gasteiger partial charge < -0.3 is 10.1 Å². The van der Waals surface area contributed by atoms with Gasteiger partial charge in [-0.15, -0.1) is 0 Å². The number of nitrogens with one attached hydrogen (secondary N) is 1. The van der Waals surface area contributed by atoms with Gasteiger partial charge in [-0.25, -0.2) is 4.79 Å². The summed E-state index contributed by atoms with van der Waals surface area (Å²) in [7, 11) is 0. The Bertz CT molecular complexity index is 471. The molecule has 0 spiro atoms. The summed E-state index contributed by atoms with van der Waals surface area (Å²) >= 11 is 3.31. The van der Waals surface area contributed by atoms with Crippen molar-refractivity contribution >= 4 is 33.5 Å². The van der Waals surface area contributed by atoms with Crippen LogP contribution in [-0.4, -0.2) is 18.5 Å². The molecule has 1 aliphatic heterocycles. The van der Waals surface area contributed by atoms with Crippen LogP contribution in [0.3, 0.4) is 0 Å². The number of hydrogen-bond acceptors (Lipinski definition) is 3. The number of anilines is 1. The van der Waals surface area contributed by atoms with E-state index in [-0.39, 0.29) is 5.91 Å². The molecule has 2 rings (SSSR count). The van der Waals surface area contributed by atoms with Crippen molar-refractivity contribution in [2.45, 2.75) is 13.3 Å². The summed E-state index contributed by atoms with van der Waals surface area (Å²) in [5.74, 6) is -0.513. The van der Waals surface area contributed by atoms with Crippen molar-refractivity contribution in [1.82, 2.24) is 0 Å². The molecule has 84 valence electrons. The van der Waals surface area contributed by atoms with Crippen LogP contribution in [0.25, 0.3) is 0 Å². The van der Waals surface area contributed by atoms with Crippen molar-refractivity contribution in [1.29, 1.82) is 0 Å². The van der Waals surface area contributed by atoms with Crippen molar-refractivity contribution in [3.63, 3.8) is 0 Å². The van der Waals surface area contributed by atoms with Crippen LogP contribution >= 0.6 is 15.9 Å². The number of benzene rings is 1. The number of hydrogen-bond donors (Lipinski definition) is 1. The molecule has 0 saturated heterocycles. The molecule has 1 aromatic rings. The van der Waals surface area contributed by atoms with Crippen molar-refractivity contribution in [3.05, 3.63) is 27.7 Å². The number of amides is 1. The lowest BCUT2D eigenvalue weighted by Gasteiger charge is -2.08. The first-order valence-electron chi connectivity index (χ1n) is 4.91. The van der Waals surface area contributed by atoms with Crippen molar-refractivity contribution < 1.29 is 14.3 Å². The van der Waals surface area contributed by atoms with E-state index in [1.54, 1.807) is 13.0 Å². The lowest BCUT2D eigenvalue weighted by molar-refractivity contribution is -0.115. The van der Waals surface area contributed by atoms with Crippen LogP contribution in [-0.2, 0) is 16.0 Å². The maximum Gasteiger partial charge on any atom is 0.340 e. The third kappa shape index (κ3) is 1.95. The Morgan fingerprint density at radius 1 is 1.56 bits per heavy atom. The lowest BCUT2D eigenvalue weighted by atomic mass is 10.1. The Morgan fingerprint density at radius 2 is 2.31 bits per heavy atom. The number of halogens is 1. The molecule has 0 aromatic heterocycles. The first kappa shape index (κ1) is 11.1. The summed E-state index contributed by atoms with van der Waals surface area (Å²) in [6.07, 6.45) is 0.307. The molecular formula is C11H10BrNO3. The standard InChI is InChI=1S/C11H10BrNO3/c1-2-16-11(15)8-5-7(12)3-6-4-9(14)13-10(6)8/h3,5H,2,4H2,1H3,(H,13,14). The number of ether oxygens (including phenoxy) is 1. The summed E-state index contributed by atoms with van der Waals surface area (Å²) < 4.78 is 5.70. The van der Waals surface area contributed by atoms with Crippen molar-refractivity contribution in [2.75, 3.05) is 11.9 Å². The number of carbonyl (C=O) groups is 2. The van der Waals surface area contributed by atoms with Gasteiger partial charge in [0.25, 0.3) is 0 Å². The highest BCUT2D eigenvalue weighted by Crippen LogP contribution is 2.31. The first-order chi connectivity index (χ1) is 7.61. The van der Waals surface area contributed by atoms with Crippen LogP contribution in [0.15, 0.2) is 16.6 Å². The highest BCUT2D eigenvalue weighted by atomic mass is 79.9. The van der Waals surface area contributed by atoms with E-state index in [4.69, 9.17) is 4.74 Å². The average Bonchev–Trinajstić information content (AvgIpc) is 2.57. The Hall–Kier alpha value is -1.36. The highest BCUT2D eigenvalue weighted by Gasteiger charge is 2.25. The predicted molar refractivity (Wildman–Crippen MR) is 62.4 cm³/mol. The molecule has 0 fully saturated rings. The summed E-state index contributed by atoms with van der Waals surface area (Å²) in [5, 5.41) is 2.67. The third-order valence-electron chi connectivity index (χ3n) is 2.30. The minimum atomic E-state index is -0.415. The molecule has 0 saturated carbocycles. The lowest BCUT2D eigenvalue weighted by Crippen LogP contribution is -2.10. The molecule has 0 radical (unpaired) electrons. The van der Waals surface area contributed by atoms with E-state index in [0.29, 0.717) is 24.3 Å². The summed E-state index contributed by atoms with van der Waals surface area (Å²) in [6, 6.07) is 3.48. The predicted octanol–water partition coefficient (Wildman–Crippen LogP) is 2.12. The Labute approximate surface area is 101 Å². The Balaban J connectivity index is 2.46. The maximum atomic E-state index is 11.7. The molecule has 1 aromatic carbocycles. The molecule has 0 bridgehead atoms. The number of fused-ring (bicyclic) bond motifs is 1. The van der Waals surface area contributed by atoms with Crippen LogP contribution in [0.4, 0.5) is 5.69 Å². The monoisotopic (exact) mass is 283 g/mol. The molecule has 1 amide bonds. The normalized spacial score (nSPS) is 13.2. The van der Waals surface area contributed by atoms with Gasteiger partial charge in [0.1, 0.15) is 0 Å². The van der Waals surface area contributed by atoms with E-state index < -0.39 is 5.97 Å². The second-order valence-electron chi connectivity index (χ2n) is 3.43. The SMILES string of the molecule is CCOC(=O)c1cc(Br)cc2c1NC(=O)C2. The van der Waals surface area contributed by atoms with E-state index in [2.05, 4.69) is 21.2 Å². The van der Waals surface area contributed by atoms with Gasteiger partial charge in [-0.3, -0.25) is 4.79 Å². The van der Waals surface area contributed by atoms with E-state index >= 15 is 0 Å². The van der Waals surface area contributed by atoms with Crippen LogP contribution < -0.4 is 5.32 Å². The third-order valence-corrected chi connectivity index (χ3v) is 2.75.